The Bertz CT molecular complexity index is 1120. The van der Waals surface area contributed by atoms with Crippen LogP contribution in [0.5, 0.6) is 11.5 Å². The van der Waals surface area contributed by atoms with Crippen molar-refractivity contribution in [2.24, 2.45) is 0 Å². The van der Waals surface area contributed by atoms with Crippen LogP contribution in [0.25, 0.3) is 6.08 Å². The van der Waals surface area contributed by atoms with Gasteiger partial charge in [0, 0.05) is 5.56 Å². The van der Waals surface area contributed by atoms with Gasteiger partial charge in [-0.05, 0) is 29.3 Å². The zero-order valence-electron chi connectivity index (χ0n) is 16.7. The molecule has 0 fully saturated rings. The molecule has 0 saturated carbocycles. The average Bonchev–Trinajstić information content (AvgIpc) is 2.81. The third-order valence-corrected chi connectivity index (χ3v) is 5.24. The van der Waals surface area contributed by atoms with Crippen molar-refractivity contribution in [1.82, 2.24) is 5.32 Å². The largest absolute Gasteiger partial charge is 0.493 e. The highest BCUT2D eigenvalue weighted by molar-refractivity contribution is 6.19. The molecule has 1 aliphatic rings. The first kappa shape index (κ1) is 19.5. The highest BCUT2D eigenvalue weighted by atomic mass is 16.5. The summed E-state index contributed by atoms with van der Waals surface area (Å²) in [6.07, 6.45) is 3.59. The van der Waals surface area contributed by atoms with Gasteiger partial charge in [0.25, 0.3) is 5.91 Å². The van der Waals surface area contributed by atoms with Crippen LogP contribution in [0.15, 0.2) is 78.9 Å². The van der Waals surface area contributed by atoms with E-state index < -0.39 is 5.54 Å². The van der Waals surface area contributed by atoms with Crippen LogP contribution < -0.4 is 14.8 Å². The molecule has 5 heteroatoms. The first-order valence-corrected chi connectivity index (χ1v) is 9.52. The van der Waals surface area contributed by atoms with E-state index >= 15 is 0 Å². The van der Waals surface area contributed by atoms with Crippen LogP contribution in [0.1, 0.15) is 31.8 Å². The number of fused-ring (bicyclic) bond motifs is 1. The summed E-state index contributed by atoms with van der Waals surface area (Å²) in [6.45, 7) is 0. The van der Waals surface area contributed by atoms with Crippen molar-refractivity contribution in [3.63, 3.8) is 0 Å². The third-order valence-electron chi connectivity index (χ3n) is 5.24. The van der Waals surface area contributed by atoms with Crippen LogP contribution in [-0.4, -0.2) is 25.9 Å². The SMILES string of the molecule is COc1cc2c(cc1OC)C(=O)[C@@](/C=C/c1ccccc1)(c1ccccc1)NC2=O. The molecule has 0 bridgehead atoms. The van der Waals surface area contributed by atoms with Crippen molar-refractivity contribution in [3.8, 4) is 11.5 Å². The van der Waals surface area contributed by atoms with Crippen molar-refractivity contribution in [1.29, 1.82) is 0 Å². The first-order chi connectivity index (χ1) is 14.6. The molecule has 1 aliphatic heterocycles. The molecule has 30 heavy (non-hydrogen) atoms. The summed E-state index contributed by atoms with van der Waals surface area (Å²) in [5, 5.41) is 2.94. The number of methoxy groups -OCH3 is 2. The van der Waals surface area contributed by atoms with Crippen LogP contribution >= 0.6 is 0 Å². The number of carbonyl (C=O) groups is 2. The summed E-state index contributed by atoms with van der Waals surface area (Å²) >= 11 is 0. The smallest absolute Gasteiger partial charge is 0.253 e. The summed E-state index contributed by atoms with van der Waals surface area (Å²) in [7, 11) is 2.99. The number of ketones is 1. The van der Waals surface area contributed by atoms with Gasteiger partial charge in [-0.3, -0.25) is 9.59 Å². The number of rotatable bonds is 5. The zero-order chi connectivity index (χ0) is 21.1. The highest BCUT2D eigenvalue weighted by Crippen LogP contribution is 2.38. The van der Waals surface area contributed by atoms with E-state index in [0.717, 1.165) is 5.56 Å². The molecule has 0 aliphatic carbocycles. The van der Waals surface area contributed by atoms with Crippen molar-refractivity contribution >= 4 is 17.8 Å². The van der Waals surface area contributed by atoms with Crippen LogP contribution in [0, 0.1) is 0 Å². The van der Waals surface area contributed by atoms with Crippen LogP contribution in [0.4, 0.5) is 0 Å². The molecule has 1 amide bonds. The maximum Gasteiger partial charge on any atom is 0.253 e. The third kappa shape index (κ3) is 3.24. The molecule has 1 heterocycles. The molecule has 0 unspecified atom stereocenters. The predicted molar refractivity (Wildman–Crippen MR) is 115 cm³/mol. The normalized spacial score (nSPS) is 18.1. The van der Waals surface area contributed by atoms with E-state index in [1.807, 2.05) is 66.7 Å². The lowest BCUT2D eigenvalue weighted by molar-refractivity contribution is 0.0774. The van der Waals surface area contributed by atoms with E-state index in [1.54, 1.807) is 12.1 Å². The van der Waals surface area contributed by atoms with Gasteiger partial charge in [-0.25, -0.2) is 0 Å². The molecule has 3 aromatic carbocycles. The van der Waals surface area contributed by atoms with E-state index in [4.69, 9.17) is 9.47 Å². The lowest BCUT2D eigenvalue weighted by Gasteiger charge is -2.35. The van der Waals surface area contributed by atoms with Gasteiger partial charge in [-0.15, -0.1) is 0 Å². The van der Waals surface area contributed by atoms with Crippen molar-refractivity contribution in [2.45, 2.75) is 5.54 Å². The van der Waals surface area contributed by atoms with Crippen molar-refractivity contribution in [2.75, 3.05) is 14.2 Å². The van der Waals surface area contributed by atoms with Gasteiger partial charge in [0.05, 0.1) is 19.8 Å². The van der Waals surface area contributed by atoms with Crippen LogP contribution in [0.3, 0.4) is 0 Å². The van der Waals surface area contributed by atoms with Gasteiger partial charge in [0.1, 0.15) is 5.54 Å². The Balaban J connectivity index is 1.91. The molecule has 3 aromatic rings. The second-order valence-corrected chi connectivity index (χ2v) is 6.95. The second-order valence-electron chi connectivity index (χ2n) is 6.95. The molecule has 4 rings (SSSR count). The molecular formula is C25H21NO4. The molecule has 1 N–H and O–H groups in total. The van der Waals surface area contributed by atoms with E-state index in [1.165, 1.54) is 20.3 Å². The van der Waals surface area contributed by atoms with Crippen molar-refractivity contribution < 1.29 is 19.1 Å². The number of amides is 1. The fourth-order valence-corrected chi connectivity index (χ4v) is 3.67. The maximum absolute atomic E-state index is 13.8. The van der Waals surface area contributed by atoms with E-state index in [-0.39, 0.29) is 22.8 Å². The Kier molecular flexibility index (Phi) is 5.11. The number of nitrogens with one attached hydrogen (secondary N) is 1. The Morgan fingerprint density at radius 3 is 1.97 bits per heavy atom. The Morgan fingerprint density at radius 1 is 0.800 bits per heavy atom. The fourth-order valence-electron chi connectivity index (χ4n) is 3.67. The van der Waals surface area contributed by atoms with E-state index in [0.29, 0.717) is 17.1 Å². The summed E-state index contributed by atoms with van der Waals surface area (Å²) in [5.74, 6) is 0.197. The number of hydrogen-bond donors (Lipinski definition) is 1. The Morgan fingerprint density at radius 2 is 1.37 bits per heavy atom. The zero-order valence-corrected chi connectivity index (χ0v) is 16.7. The van der Waals surface area contributed by atoms with Gasteiger partial charge in [0.2, 0.25) is 0 Å². The minimum absolute atomic E-state index is 0.239. The van der Waals surface area contributed by atoms with Gasteiger partial charge in [-0.2, -0.15) is 0 Å². The molecular weight excluding hydrogens is 378 g/mol. The van der Waals surface area contributed by atoms with Crippen LogP contribution in [0.2, 0.25) is 0 Å². The molecule has 0 aromatic heterocycles. The Hall–Kier alpha value is -3.86. The summed E-state index contributed by atoms with van der Waals surface area (Å²) < 4.78 is 10.7. The number of ether oxygens (including phenoxy) is 2. The predicted octanol–water partition coefficient (Wildman–Crippen LogP) is 4.24. The fraction of sp³-hybridized carbons (Fsp3) is 0.120. The molecule has 0 saturated heterocycles. The molecule has 0 spiro atoms. The maximum atomic E-state index is 13.8. The van der Waals surface area contributed by atoms with Gasteiger partial charge in [-0.1, -0.05) is 66.7 Å². The first-order valence-electron chi connectivity index (χ1n) is 9.52. The second kappa shape index (κ2) is 7.87. The number of Topliss-reactive ketones (excluding diaryl/α,β-unsaturated/α-hetero) is 1. The summed E-state index contributed by atoms with van der Waals surface area (Å²) in [4.78, 5) is 26.9. The van der Waals surface area contributed by atoms with E-state index in [9.17, 15) is 9.59 Å². The lowest BCUT2D eigenvalue weighted by atomic mass is 9.77. The highest BCUT2D eigenvalue weighted by Gasteiger charge is 2.45. The lowest BCUT2D eigenvalue weighted by Crippen LogP contribution is -2.54. The summed E-state index contributed by atoms with van der Waals surface area (Å²) in [6, 6.07) is 22.0. The topological polar surface area (TPSA) is 64.6 Å². The molecule has 150 valence electrons. The Labute approximate surface area is 175 Å². The minimum atomic E-state index is -1.33. The standard InChI is InChI=1S/C25H21NO4/c1-29-21-15-19-20(16-22(21)30-2)24(28)26-25(23(19)27,18-11-7-4-8-12-18)14-13-17-9-5-3-6-10-17/h3-16H,1-2H3,(H,26,28)/b14-13+/t25-/m1/s1. The van der Waals surface area contributed by atoms with Crippen molar-refractivity contribution in [3.05, 3.63) is 101 Å². The average molecular weight is 399 g/mol. The quantitative estimate of drug-likeness (QED) is 0.697. The van der Waals surface area contributed by atoms with Gasteiger partial charge in [0.15, 0.2) is 17.3 Å². The number of benzene rings is 3. The number of hydrogen-bond acceptors (Lipinski definition) is 4. The summed E-state index contributed by atoms with van der Waals surface area (Å²) in [5.41, 5.74) is 0.819. The number of carbonyl (C=O) groups excluding carboxylic acids is 2. The molecule has 5 nitrogen and oxygen atoms in total. The van der Waals surface area contributed by atoms with Gasteiger partial charge < -0.3 is 14.8 Å². The molecule has 1 atom stereocenters. The van der Waals surface area contributed by atoms with Gasteiger partial charge >= 0.3 is 0 Å². The van der Waals surface area contributed by atoms with E-state index in [2.05, 4.69) is 5.32 Å². The molecule has 0 radical (unpaired) electrons. The van der Waals surface area contributed by atoms with Crippen LogP contribution in [-0.2, 0) is 5.54 Å². The minimum Gasteiger partial charge on any atom is -0.493 e. The monoisotopic (exact) mass is 399 g/mol.